The van der Waals surface area contributed by atoms with Crippen molar-refractivity contribution in [2.45, 2.75) is 38.6 Å². The summed E-state index contributed by atoms with van der Waals surface area (Å²) in [6.07, 6.45) is 7.97. The molecule has 2 N–H and O–H groups in total. The van der Waals surface area contributed by atoms with Gasteiger partial charge < -0.3 is 19.9 Å². The zero-order valence-corrected chi connectivity index (χ0v) is 16.7. The highest BCUT2D eigenvalue weighted by Crippen LogP contribution is 2.40. The van der Waals surface area contributed by atoms with Gasteiger partial charge >= 0.3 is 0 Å². The average molecular weight is 436 g/mol. The van der Waals surface area contributed by atoms with Crippen molar-refractivity contribution < 1.29 is 4.74 Å². The quantitative estimate of drug-likeness (QED) is 0.387. The highest BCUT2D eigenvalue weighted by Gasteiger charge is 2.33. The van der Waals surface area contributed by atoms with Gasteiger partial charge in [0, 0.05) is 34.4 Å². The van der Waals surface area contributed by atoms with Gasteiger partial charge in [-0.05, 0) is 24.7 Å². The summed E-state index contributed by atoms with van der Waals surface area (Å²) >= 11 is 0. The van der Waals surface area contributed by atoms with Gasteiger partial charge in [-0.15, -0.1) is 34.2 Å². The molecule has 1 aliphatic rings. The van der Waals surface area contributed by atoms with Gasteiger partial charge in [-0.2, -0.15) is 0 Å². The number of aromatic nitrogens is 3. The first-order valence-corrected chi connectivity index (χ1v) is 7.95. The van der Waals surface area contributed by atoms with Gasteiger partial charge in [-0.1, -0.05) is 12.8 Å². The van der Waals surface area contributed by atoms with E-state index in [-0.39, 0.29) is 24.0 Å². The van der Waals surface area contributed by atoms with Crippen molar-refractivity contribution in [1.29, 1.82) is 0 Å². The van der Waals surface area contributed by atoms with E-state index in [1.807, 2.05) is 11.6 Å². The number of halogens is 1. The van der Waals surface area contributed by atoms with Crippen LogP contribution in [0.4, 0.5) is 0 Å². The summed E-state index contributed by atoms with van der Waals surface area (Å²) in [5, 5.41) is 14.7. The monoisotopic (exact) mass is 436 g/mol. The molecular formula is C15H29IN6O. The molecule has 0 spiro atoms. The van der Waals surface area contributed by atoms with Crippen molar-refractivity contribution in [3.05, 3.63) is 12.2 Å². The number of rotatable bonds is 7. The Balaban J connectivity index is 0.00000264. The van der Waals surface area contributed by atoms with Gasteiger partial charge in [0.05, 0.1) is 6.54 Å². The van der Waals surface area contributed by atoms with Crippen LogP contribution in [0.2, 0.25) is 0 Å². The molecule has 0 bridgehead atoms. The molecule has 132 valence electrons. The number of hydrogen-bond donors (Lipinski definition) is 2. The Hall–Kier alpha value is -0.900. The fourth-order valence-corrected chi connectivity index (χ4v) is 3.08. The standard InChI is InChI=1S/C15H28N6O.HI/c1-16-14(17-10-13-20-19-12-21(13)2)18-11-15(8-9-22-3)6-4-5-7-15;/h12H,4-11H2,1-3H3,(H2,16,17,18);1H. The Morgan fingerprint density at radius 1 is 1.39 bits per heavy atom. The second kappa shape index (κ2) is 10.1. The van der Waals surface area contributed by atoms with Crippen LogP contribution in [0.15, 0.2) is 11.3 Å². The lowest BCUT2D eigenvalue weighted by Crippen LogP contribution is -2.43. The van der Waals surface area contributed by atoms with Crippen molar-refractivity contribution in [3.63, 3.8) is 0 Å². The molecule has 8 heteroatoms. The van der Waals surface area contributed by atoms with Crippen molar-refractivity contribution in [3.8, 4) is 0 Å². The third-order valence-electron chi connectivity index (χ3n) is 4.57. The number of nitrogens with zero attached hydrogens (tertiary/aromatic N) is 4. The van der Waals surface area contributed by atoms with Crippen molar-refractivity contribution in [2.75, 3.05) is 27.3 Å². The first-order valence-electron chi connectivity index (χ1n) is 7.95. The molecule has 1 saturated carbocycles. The molecule has 0 saturated heterocycles. The van der Waals surface area contributed by atoms with E-state index in [1.54, 1.807) is 20.5 Å². The molecule has 23 heavy (non-hydrogen) atoms. The van der Waals surface area contributed by atoms with E-state index in [2.05, 4.69) is 25.8 Å². The summed E-state index contributed by atoms with van der Waals surface area (Å²) < 4.78 is 7.18. The summed E-state index contributed by atoms with van der Waals surface area (Å²) in [6.45, 7) is 2.38. The fraction of sp³-hybridized carbons (Fsp3) is 0.800. The van der Waals surface area contributed by atoms with Gasteiger partial charge in [0.25, 0.3) is 0 Å². The predicted octanol–water partition coefficient (Wildman–Crippen LogP) is 1.69. The van der Waals surface area contributed by atoms with Crippen LogP contribution in [0.1, 0.15) is 37.9 Å². The number of aryl methyl sites for hydroxylation is 1. The lowest BCUT2D eigenvalue weighted by Gasteiger charge is -2.29. The number of nitrogens with one attached hydrogen (secondary N) is 2. The molecule has 1 aromatic rings. The van der Waals surface area contributed by atoms with Gasteiger partial charge in [0.1, 0.15) is 6.33 Å². The maximum absolute atomic E-state index is 5.28. The predicted molar refractivity (Wildman–Crippen MR) is 102 cm³/mol. The summed E-state index contributed by atoms with van der Waals surface area (Å²) in [7, 11) is 5.51. The van der Waals surface area contributed by atoms with Crippen molar-refractivity contribution >= 4 is 29.9 Å². The molecule has 1 aromatic heterocycles. The molecule has 0 radical (unpaired) electrons. The Morgan fingerprint density at radius 3 is 2.70 bits per heavy atom. The Kier molecular flexibility index (Phi) is 8.82. The number of aliphatic imine (C=N–C) groups is 1. The Morgan fingerprint density at radius 2 is 2.13 bits per heavy atom. The van der Waals surface area contributed by atoms with E-state index in [0.717, 1.165) is 31.4 Å². The molecule has 0 unspecified atom stereocenters. The minimum atomic E-state index is 0. The second-order valence-electron chi connectivity index (χ2n) is 6.09. The van der Waals surface area contributed by atoms with Crippen molar-refractivity contribution in [2.24, 2.45) is 17.5 Å². The molecule has 0 amide bonds. The van der Waals surface area contributed by atoms with Crippen LogP contribution in [0.5, 0.6) is 0 Å². The first kappa shape index (κ1) is 20.1. The molecule has 0 aliphatic heterocycles. The average Bonchev–Trinajstić information content (AvgIpc) is 3.15. The SMILES string of the molecule is CN=C(NCc1nncn1C)NCC1(CCOC)CCCC1.I. The molecule has 1 aliphatic carbocycles. The highest BCUT2D eigenvalue weighted by molar-refractivity contribution is 14.0. The topological polar surface area (TPSA) is 76.4 Å². The van der Waals surface area contributed by atoms with Crippen LogP contribution < -0.4 is 10.6 Å². The van der Waals surface area contributed by atoms with Crippen LogP contribution in [0, 0.1) is 5.41 Å². The van der Waals surface area contributed by atoms with E-state index in [4.69, 9.17) is 4.74 Å². The lowest BCUT2D eigenvalue weighted by molar-refractivity contribution is 0.138. The number of hydrogen-bond acceptors (Lipinski definition) is 4. The van der Waals surface area contributed by atoms with Crippen LogP contribution in [-0.4, -0.2) is 48.0 Å². The minimum Gasteiger partial charge on any atom is -0.385 e. The fourth-order valence-electron chi connectivity index (χ4n) is 3.08. The van der Waals surface area contributed by atoms with Crippen LogP contribution in [0.3, 0.4) is 0 Å². The third-order valence-corrected chi connectivity index (χ3v) is 4.57. The summed E-state index contributed by atoms with van der Waals surface area (Å²) in [6, 6.07) is 0. The Labute approximate surface area is 155 Å². The summed E-state index contributed by atoms with van der Waals surface area (Å²) in [5.74, 6) is 1.70. The van der Waals surface area contributed by atoms with Gasteiger partial charge in [-0.3, -0.25) is 4.99 Å². The summed E-state index contributed by atoms with van der Waals surface area (Å²) in [5.41, 5.74) is 0.346. The molecule has 2 rings (SSSR count). The van der Waals surface area contributed by atoms with Crippen molar-refractivity contribution in [1.82, 2.24) is 25.4 Å². The Bertz CT molecular complexity index is 484. The zero-order valence-electron chi connectivity index (χ0n) is 14.3. The van der Waals surface area contributed by atoms with E-state index in [0.29, 0.717) is 12.0 Å². The van der Waals surface area contributed by atoms with E-state index in [9.17, 15) is 0 Å². The highest BCUT2D eigenvalue weighted by atomic mass is 127. The van der Waals surface area contributed by atoms with Gasteiger partial charge in [-0.25, -0.2) is 0 Å². The van der Waals surface area contributed by atoms with Gasteiger partial charge in [0.15, 0.2) is 11.8 Å². The molecule has 0 aromatic carbocycles. The maximum Gasteiger partial charge on any atom is 0.191 e. The first-order chi connectivity index (χ1) is 10.7. The van der Waals surface area contributed by atoms with Crippen LogP contribution in [0.25, 0.3) is 0 Å². The molecule has 1 fully saturated rings. The maximum atomic E-state index is 5.28. The second-order valence-corrected chi connectivity index (χ2v) is 6.09. The van der Waals surface area contributed by atoms with E-state index >= 15 is 0 Å². The number of ether oxygens (including phenoxy) is 1. The summed E-state index contributed by atoms with van der Waals surface area (Å²) in [4.78, 5) is 4.30. The van der Waals surface area contributed by atoms with E-state index < -0.39 is 0 Å². The van der Waals surface area contributed by atoms with Crippen LogP contribution in [-0.2, 0) is 18.3 Å². The minimum absolute atomic E-state index is 0. The third kappa shape index (κ3) is 5.91. The van der Waals surface area contributed by atoms with Crippen LogP contribution >= 0.6 is 24.0 Å². The number of guanidine groups is 1. The number of methoxy groups -OCH3 is 1. The largest absolute Gasteiger partial charge is 0.385 e. The molecule has 0 atom stereocenters. The van der Waals surface area contributed by atoms with E-state index in [1.165, 1.54) is 25.7 Å². The zero-order chi connectivity index (χ0) is 15.8. The van der Waals surface area contributed by atoms with Gasteiger partial charge in [0.2, 0.25) is 0 Å². The molecule has 7 nitrogen and oxygen atoms in total. The lowest BCUT2D eigenvalue weighted by atomic mass is 9.83. The normalized spacial score (nSPS) is 16.9. The molecule has 1 heterocycles. The molecular weight excluding hydrogens is 407 g/mol. The smallest absolute Gasteiger partial charge is 0.191 e.